The molecule has 1 aromatic carbocycles. The van der Waals surface area contributed by atoms with Gasteiger partial charge in [-0.1, -0.05) is 0 Å². The third-order valence-electron chi connectivity index (χ3n) is 4.13. The molecule has 1 atom stereocenters. The van der Waals surface area contributed by atoms with Crippen LogP contribution in [-0.4, -0.2) is 49.8 Å². The maximum absolute atomic E-state index is 12.2. The van der Waals surface area contributed by atoms with Crippen LogP contribution in [0.1, 0.15) is 12.8 Å². The fourth-order valence-corrected chi connectivity index (χ4v) is 3.50. The Labute approximate surface area is 152 Å². The molecule has 2 N–H and O–H groups in total. The number of hydrogen-bond acceptors (Lipinski definition) is 6. The van der Waals surface area contributed by atoms with Crippen molar-refractivity contribution in [2.24, 2.45) is 0 Å². The van der Waals surface area contributed by atoms with Crippen molar-refractivity contribution < 1.29 is 13.2 Å². The molecule has 3 rings (SSSR count). The van der Waals surface area contributed by atoms with Crippen molar-refractivity contribution in [2.75, 3.05) is 29.6 Å². The zero-order valence-electron chi connectivity index (χ0n) is 14.4. The summed E-state index contributed by atoms with van der Waals surface area (Å²) in [6.07, 6.45) is 6.36. The molecule has 0 saturated carbocycles. The van der Waals surface area contributed by atoms with E-state index in [0.29, 0.717) is 18.2 Å². The van der Waals surface area contributed by atoms with Crippen LogP contribution in [0.3, 0.4) is 0 Å². The van der Waals surface area contributed by atoms with Crippen molar-refractivity contribution in [1.82, 2.24) is 15.3 Å². The average molecular weight is 375 g/mol. The standard InChI is InChI=1S/C17H21N5O3S/c1-26(24,25)15-7-5-13(6-8-15)20-17(23)21-14-4-2-11-22(12-14)16-18-9-3-10-19-16/h3,5-10,14H,2,4,11-12H2,1H3,(H2,20,21,23)/t14-/m1/s1. The molecule has 9 heteroatoms. The molecular formula is C17H21N5O3S. The second-order valence-corrected chi connectivity index (χ2v) is 8.24. The molecule has 0 unspecified atom stereocenters. The van der Waals surface area contributed by atoms with Crippen LogP contribution in [0.25, 0.3) is 0 Å². The lowest BCUT2D eigenvalue weighted by molar-refractivity contribution is 0.246. The molecule has 2 aromatic rings. The van der Waals surface area contributed by atoms with E-state index in [2.05, 4.69) is 25.5 Å². The van der Waals surface area contributed by atoms with Gasteiger partial charge in [0.25, 0.3) is 0 Å². The Balaban J connectivity index is 1.56. The number of piperidine rings is 1. The van der Waals surface area contributed by atoms with Gasteiger partial charge >= 0.3 is 6.03 Å². The molecule has 0 spiro atoms. The molecule has 1 saturated heterocycles. The number of anilines is 2. The summed E-state index contributed by atoms with van der Waals surface area (Å²) in [4.78, 5) is 23.0. The highest BCUT2D eigenvalue weighted by Crippen LogP contribution is 2.16. The maximum atomic E-state index is 12.2. The molecule has 1 fully saturated rings. The van der Waals surface area contributed by atoms with Crippen molar-refractivity contribution in [3.63, 3.8) is 0 Å². The summed E-state index contributed by atoms with van der Waals surface area (Å²) in [5.74, 6) is 0.663. The van der Waals surface area contributed by atoms with Gasteiger partial charge in [0.05, 0.1) is 4.90 Å². The highest BCUT2D eigenvalue weighted by Gasteiger charge is 2.23. The van der Waals surface area contributed by atoms with Crippen LogP contribution in [0.5, 0.6) is 0 Å². The van der Waals surface area contributed by atoms with Crippen molar-refractivity contribution in [3.8, 4) is 0 Å². The Kier molecular flexibility index (Phi) is 5.36. The molecule has 2 amide bonds. The number of nitrogens with one attached hydrogen (secondary N) is 2. The second-order valence-electron chi connectivity index (χ2n) is 6.23. The Morgan fingerprint density at radius 3 is 2.54 bits per heavy atom. The highest BCUT2D eigenvalue weighted by atomic mass is 32.2. The Morgan fingerprint density at radius 2 is 1.88 bits per heavy atom. The number of amides is 2. The van der Waals surface area contributed by atoms with Gasteiger partial charge in [-0.05, 0) is 43.2 Å². The fourth-order valence-electron chi connectivity index (χ4n) is 2.87. The van der Waals surface area contributed by atoms with Gasteiger partial charge < -0.3 is 15.5 Å². The average Bonchev–Trinajstić information content (AvgIpc) is 2.62. The number of carbonyl (C=O) groups excluding carboxylic acids is 1. The van der Waals surface area contributed by atoms with Gasteiger partial charge in [-0.3, -0.25) is 0 Å². The second kappa shape index (κ2) is 7.69. The largest absolute Gasteiger partial charge is 0.339 e. The minimum Gasteiger partial charge on any atom is -0.339 e. The van der Waals surface area contributed by atoms with E-state index in [0.717, 1.165) is 25.6 Å². The summed E-state index contributed by atoms with van der Waals surface area (Å²) in [6, 6.07) is 7.52. The molecule has 26 heavy (non-hydrogen) atoms. The van der Waals surface area contributed by atoms with Crippen molar-refractivity contribution in [2.45, 2.75) is 23.8 Å². The predicted molar refractivity (Wildman–Crippen MR) is 99.0 cm³/mol. The quantitative estimate of drug-likeness (QED) is 0.842. The Hall–Kier alpha value is -2.68. The Morgan fingerprint density at radius 1 is 1.19 bits per heavy atom. The number of aromatic nitrogens is 2. The van der Waals surface area contributed by atoms with Crippen LogP contribution in [0, 0.1) is 0 Å². The van der Waals surface area contributed by atoms with Gasteiger partial charge in [0.15, 0.2) is 9.84 Å². The lowest BCUT2D eigenvalue weighted by Gasteiger charge is -2.33. The first-order valence-corrected chi connectivity index (χ1v) is 10.2. The van der Waals surface area contributed by atoms with Crippen LogP contribution in [0.2, 0.25) is 0 Å². The monoisotopic (exact) mass is 375 g/mol. The highest BCUT2D eigenvalue weighted by molar-refractivity contribution is 7.90. The van der Waals surface area contributed by atoms with Gasteiger partial charge in [-0.2, -0.15) is 0 Å². The summed E-state index contributed by atoms with van der Waals surface area (Å²) in [5, 5.41) is 5.67. The molecular weight excluding hydrogens is 354 g/mol. The first-order chi connectivity index (χ1) is 12.4. The number of rotatable bonds is 4. The summed E-state index contributed by atoms with van der Waals surface area (Å²) in [5.41, 5.74) is 0.536. The van der Waals surface area contributed by atoms with Crippen molar-refractivity contribution >= 4 is 27.5 Å². The molecule has 1 aliphatic rings. The van der Waals surface area contributed by atoms with Crippen LogP contribution < -0.4 is 15.5 Å². The number of urea groups is 1. The molecule has 0 bridgehead atoms. The first-order valence-electron chi connectivity index (χ1n) is 8.31. The molecule has 0 aliphatic carbocycles. The number of hydrogen-bond donors (Lipinski definition) is 2. The number of benzene rings is 1. The summed E-state index contributed by atoms with van der Waals surface area (Å²) < 4.78 is 22.9. The van der Waals surface area contributed by atoms with Crippen LogP contribution in [0.15, 0.2) is 47.6 Å². The number of nitrogens with zero attached hydrogens (tertiary/aromatic N) is 3. The van der Waals surface area contributed by atoms with E-state index in [4.69, 9.17) is 0 Å². The van der Waals surface area contributed by atoms with Crippen LogP contribution >= 0.6 is 0 Å². The van der Waals surface area contributed by atoms with Crippen LogP contribution in [-0.2, 0) is 9.84 Å². The molecule has 0 radical (unpaired) electrons. The van der Waals surface area contributed by atoms with Crippen LogP contribution in [0.4, 0.5) is 16.4 Å². The zero-order chi connectivity index (χ0) is 18.6. The molecule has 1 aliphatic heterocycles. The molecule has 1 aromatic heterocycles. The van der Waals surface area contributed by atoms with E-state index < -0.39 is 9.84 Å². The fraction of sp³-hybridized carbons (Fsp3) is 0.353. The van der Waals surface area contributed by atoms with Crippen molar-refractivity contribution in [1.29, 1.82) is 0 Å². The smallest absolute Gasteiger partial charge is 0.319 e. The normalized spacial score (nSPS) is 17.6. The lowest BCUT2D eigenvalue weighted by atomic mass is 10.1. The van der Waals surface area contributed by atoms with E-state index in [1.54, 1.807) is 30.6 Å². The van der Waals surface area contributed by atoms with Gasteiger partial charge in [0, 0.05) is 43.5 Å². The summed E-state index contributed by atoms with van der Waals surface area (Å²) >= 11 is 0. The molecule has 8 nitrogen and oxygen atoms in total. The van der Waals surface area contributed by atoms with Gasteiger partial charge in [-0.15, -0.1) is 0 Å². The lowest BCUT2D eigenvalue weighted by Crippen LogP contribution is -2.49. The van der Waals surface area contributed by atoms with Crippen molar-refractivity contribution in [3.05, 3.63) is 42.7 Å². The topological polar surface area (TPSA) is 104 Å². The van der Waals surface area contributed by atoms with Gasteiger partial charge in [0.1, 0.15) is 0 Å². The molecule has 138 valence electrons. The zero-order valence-corrected chi connectivity index (χ0v) is 15.2. The molecule has 2 heterocycles. The third-order valence-corrected chi connectivity index (χ3v) is 5.26. The van der Waals surface area contributed by atoms with E-state index in [1.165, 1.54) is 12.1 Å². The summed E-state index contributed by atoms with van der Waals surface area (Å²) in [6.45, 7) is 1.50. The minimum absolute atomic E-state index is 0.0113. The van der Waals surface area contributed by atoms with Gasteiger partial charge in [-0.25, -0.2) is 23.2 Å². The maximum Gasteiger partial charge on any atom is 0.319 e. The van der Waals surface area contributed by atoms with E-state index in [9.17, 15) is 13.2 Å². The van der Waals surface area contributed by atoms with Gasteiger partial charge in [0.2, 0.25) is 5.95 Å². The Bertz CT molecular complexity index is 856. The summed E-state index contributed by atoms with van der Waals surface area (Å²) in [7, 11) is -3.25. The third kappa shape index (κ3) is 4.69. The predicted octanol–water partition coefficient (Wildman–Crippen LogP) is 1.67. The number of sulfone groups is 1. The van der Waals surface area contributed by atoms with E-state index in [-0.39, 0.29) is 17.0 Å². The number of carbonyl (C=O) groups is 1. The van der Waals surface area contributed by atoms with E-state index in [1.807, 2.05) is 0 Å². The SMILES string of the molecule is CS(=O)(=O)c1ccc(NC(=O)N[C@@H]2CCCN(c3ncccn3)C2)cc1. The first kappa shape index (κ1) is 18.1. The van der Waals surface area contributed by atoms with E-state index >= 15 is 0 Å². The minimum atomic E-state index is -3.25.